The van der Waals surface area contributed by atoms with Gasteiger partial charge in [-0.2, -0.15) is 0 Å². The van der Waals surface area contributed by atoms with Gasteiger partial charge in [0.05, 0.1) is 0 Å². The molecule has 15 heavy (non-hydrogen) atoms. The smallest absolute Gasteiger partial charge is 0.158 e. The molecule has 0 bridgehead atoms. The molecule has 1 aromatic rings. The Balaban J connectivity index is 0.000000151. The predicted molar refractivity (Wildman–Crippen MR) is 63.8 cm³/mol. The Labute approximate surface area is 91.8 Å². The van der Waals surface area contributed by atoms with Gasteiger partial charge in [0, 0.05) is 6.42 Å². The first-order valence-corrected chi connectivity index (χ1v) is 5.32. The summed E-state index contributed by atoms with van der Waals surface area (Å²) in [5.74, 6) is 0.336. The lowest BCUT2D eigenvalue weighted by atomic mass is 10.2. The van der Waals surface area contributed by atoms with E-state index < -0.39 is 0 Å². The standard InChI is InChI=1S/C7H10O.C7H8/c1-5-3-4-7(8)6(5)2;1-7-5-3-2-4-6-7/h3-4H2,1-2H3;2-6H,1H3. The summed E-state index contributed by atoms with van der Waals surface area (Å²) in [5, 5.41) is 0. The fraction of sp³-hybridized carbons (Fsp3) is 0.357. The third kappa shape index (κ3) is 3.70. The molecule has 0 N–H and O–H groups in total. The second-order valence-electron chi connectivity index (χ2n) is 3.98. The van der Waals surface area contributed by atoms with E-state index in [4.69, 9.17) is 0 Å². The minimum Gasteiger partial charge on any atom is -0.295 e. The van der Waals surface area contributed by atoms with E-state index in [1.54, 1.807) is 0 Å². The molecule has 0 aromatic heterocycles. The second-order valence-corrected chi connectivity index (χ2v) is 3.98. The number of hydrogen-bond donors (Lipinski definition) is 0. The van der Waals surface area contributed by atoms with Crippen LogP contribution in [0, 0.1) is 6.92 Å². The maximum atomic E-state index is 10.7. The fourth-order valence-corrected chi connectivity index (χ4v) is 1.45. The highest BCUT2D eigenvalue weighted by molar-refractivity contribution is 5.97. The van der Waals surface area contributed by atoms with Crippen molar-refractivity contribution in [2.24, 2.45) is 0 Å². The van der Waals surface area contributed by atoms with E-state index in [1.807, 2.05) is 32.0 Å². The predicted octanol–water partition coefficient (Wildman–Crippen LogP) is 3.68. The van der Waals surface area contributed by atoms with Crippen molar-refractivity contribution in [3.05, 3.63) is 47.0 Å². The number of rotatable bonds is 0. The summed E-state index contributed by atoms with van der Waals surface area (Å²) in [6, 6.07) is 10.3. The molecule has 0 unspecified atom stereocenters. The molecule has 1 aliphatic carbocycles. The van der Waals surface area contributed by atoms with Gasteiger partial charge in [0.1, 0.15) is 0 Å². The van der Waals surface area contributed by atoms with E-state index in [2.05, 4.69) is 19.1 Å². The molecule has 1 heteroatoms. The van der Waals surface area contributed by atoms with Gasteiger partial charge < -0.3 is 0 Å². The van der Waals surface area contributed by atoms with Crippen molar-refractivity contribution >= 4 is 5.78 Å². The van der Waals surface area contributed by atoms with Crippen LogP contribution in [0.4, 0.5) is 0 Å². The van der Waals surface area contributed by atoms with Gasteiger partial charge in [0.25, 0.3) is 0 Å². The molecule has 80 valence electrons. The summed E-state index contributed by atoms with van der Waals surface area (Å²) in [6.45, 7) is 6.02. The van der Waals surface area contributed by atoms with Gasteiger partial charge in [-0.3, -0.25) is 4.79 Å². The molecule has 1 nitrogen and oxygen atoms in total. The monoisotopic (exact) mass is 202 g/mol. The normalized spacial score (nSPS) is 15.0. The van der Waals surface area contributed by atoms with Crippen LogP contribution >= 0.6 is 0 Å². The summed E-state index contributed by atoms with van der Waals surface area (Å²) in [7, 11) is 0. The highest BCUT2D eigenvalue weighted by Gasteiger charge is 2.14. The number of carbonyl (C=O) groups excluding carboxylic acids is 1. The first kappa shape index (κ1) is 11.7. The Hall–Kier alpha value is -1.37. The van der Waals surface area contributed by atoms with Crippen molar-refractivity contribution in [2.45, 2.75) is 33.6 Å². The maximum absolute atomic E-state index is 10.7. The first-order chi connectivity index (χ1) is 7.11. The SMILES string of the molecule is CC1=C(C)C(=O)CC1.Cc1ccccc1. The van der Waals surface area contributed by atoms with Crippen LogP contribution in [0.25, 0.3) is 0 Å². The number of ketones is 1. The van der Waals surface area contributed by atoms with Crippen LogP contribution < -0.4 is 0 Å². The zero-order valence-corrected chi connectivity index (χ0v) is 9.71. The minimum atomic E-state index is 0.336. The van der Waals surface area contributed by atoms with E-state index in [9.17, 15) is 4.79 Å². The van der Waals surface area contributed by atoms with Gasteiger partial charge in [-0.25, -0.2) is 0 Å². The zero-order valence-electron chi connectivity index (χ0n) is 9.71. The van der Waals surface area contributed by atoms with Crippen molar-refractivity contribution in [1.29, 1.82) is 0 Å². The lowest BCUT2D eigenvalue weighted by molar-refractivity contribution is -0.114. The molecular formula is C14H18O. The third-order valence-electron chi connectivity index (χ3n) is 2.73. The van der Waals surface area contributed by atoms with E-state index in [0.29, 0.717) is 5.78 Å². The average Bonchev–Trinajstić information content (AvgIpc) is 2.52. The minimum absolute atomic E-state index is 0.336. The van der Waals surface area contributed by atoms with Crippen molar-refractivity contribution in [3.8, 4) is 0 Å². The summed E-state index contributed by atoms with van der Waals surface area (Å²) in [4.78, 5) is 10.7. The highest BCUT2D eigenvalue weighted by atomic mass is 16.1. The van der Waals surface area contributed by atoms with Crippen molar-refractivity contribution in [3.63, 3.8) is 0 Å². The first-order valence-electron chi connectivity index (χ1n) is 5.32. The summed E-state index contributed by atoms with van der Waals surface area (Å²) >= 11 is 0. The number of carbonyl (C=O) groups is 1. The number of benzene rings is 1. The molecule has 0 fully saturated rings. The summed E-state index contributed by atoms with van der Waals surface area (Å²) < 4.78 is 0. The Morgan fingerprint density at radius 3 is 1.73 bits per heavy atom. The molecule has 2 rings (SSSR count). The molecule has 0 aliphatic heterocycles. The van der Waals surface area contributed by atoms with Crippen LogP contribution in [-0.4, -0.2) is 5.78 Å². The molecule has 0 saturated heterocycles. The molecule has 0 heterocycles. The van der Waals surface area contributed by atoms with E-state index in [1.165, 1.54) is 11.1 Å². The molecule has 0 amide bonds. The van der Waals surface area contributed by atoms with Crippen LogP contribution in [0.15, 0.2) is 41.5 Å². The fourth-order valence-electron chi connectivity index (χ4n) is 1.45. The van der Waals surface area contributed by atoms with Crippen molar-refractivity contribution in [1.82, 2.24) is 0 Å². The zero-order chi connectivity index (χ0) is 11.3. The number of allylic oxidation sites excluding steroid dienone is 2. The molecule has 0 atom stereocenters. The van der Waals surface area contributed by atoms with E-state index in [0.717, 1.165) is 18.4 Å². The van der Waals surface area contributed by atoms with E-state index in [-0.39, 0.29) is 0 Å². The van der Waals surface area contributed by atoms with Gasteiger partial charge in [0.2, 0.25) is 0 Å². The Morgan fingerprint density at radius 2 is 1.53 bits per heavy atom. The quantitative estimate of drug-likeness (QED) is 0.627. The topological polar surface area (TPSA) is 17.1 Å². The van der Waals surface area contributed by atoms with Gasteiger partial charge in [-0.15, -0.1) is 0 Å². The average molecular weight is 202 g/mol. The van der Waals surface area contributed by atoms with Gasteiger partial charge >= 0.3 is 0 Å². The number of aryl methyl sites for hydroxylation is 1. The lowest BCUT2D eigenvalue weighted by Gasteiger charge is -1.86. The molecule has 1 aromatic carbocycles. The van der Waals surface area contributed by atoms with Crippen LogP contribution in [0.5, 0.6) is 0 Å². The van der Waals surface area contributed by atoms with Crippen LogP contribution in [0.3, 0.4) is 0 Å². The largest absolute Gasteiger partial charge is 0.295 e. The molecule has 0 saturated carbocycles. The molecule has 0 radical (unpaired) electrons. The highest BCUT2D eigenvalue weighted by Crippen LogP contribution is 2.20. The van der Waals surface area contributed by atoms with Crippen molar-refractivity contribution < 1.29 is 4.79 Å². The lowest BCUT2D eigenvalue weighted by Crippen LogP contribution is -1.89. The summed E-state index contributed by atoms with van der Waals surface area (Å²) in [5.41, 5.74) is 3.59. The number of hydrogen-bond acceptors (Lipinski definition) is 1. The second kappa shape index (κ2) is 5.50. The van der Waals surface area contributed by atoms with Gasteiger partial charge in [-0.05, 0) is 32.8 Å². The van der Waals surface area contributed by atoms with Gasteiger partial charge in [-0.1, -0.05) is 41.5 Å². The molecular weight excluding hydrogens is 184 g/mol. The summed E-state index contributed by atoms with van der Waals surface area (Å²) in [6.07, 6.45) is 1.74. The van der Waals surface area contributed by atoms with Crippen LogP contribution in [-0.2, 0) is 4.79 Å². The van der Waals surface area contributed by atoms with Gasteiger partial charge in [0.15, 0.2) is 5.78 Å². The third-order valence-corrected chi connectivity index (χ3v) is 2.73. The van der Waals surface area contributed by atoms with Crippen LogP contribution in [0.2, 0.25) is 0 Å². The maximum Gasteiger partial charge on any atom is 0.158 e. The Morgan fingerprint density at radius 1 is 0.933 bits per heavy atom. The molecule has 1 aliphatic rings. The van der Waals surface area contributed by atoms with Crippen molar-refractivity contribution in [2.75, 3.05) is 0 Å². The number of Topliss-reactive ketones (excluding diaryl/α,β-unsaturated/α-hetero) is 1. The Kier molecular flexibility index (Phi) is 4.29. The molecule has 0 spiro atoms. The van der Waals surface area contributed by atoms with E-state index >= 15 is 0 Å². The Bertz CT molecular complexity index is 360. The van der Waals surface area contributed by atoms with Crippen LogP contribution in [0.1, 0.15) is 32.3 Å².